The Hall–Kier alpha value is -1.69. The van der Waals surface area contributed by atoms with E-state index in [9.17, 15) is 4.79 Å². The molecule has 6 heteroatoms. The van der Waals surface area contributed by atoms with Crippen LogP contribution in [0.5, 0.6) is 0 Å². The summed E-state index contributed by atoms with van der Waals surface area (Å²) in [4.78, 5) is 25.6. The van der Waals surface area contributed by atoms with Crippen molar-refractivity contribution in [2.75, 3.05) is 44.2 Å². The van der Waals surface area contributed by atoms with Gasteiger partial charge in [0.25, 0.3) is 5.91 Å². The molecule has 0 aromatic carbocycles. The van der Waals surface area contributed by atoms with Gasteiger partial charge in [-0.15, -0.1) is 0 Å². The normalized spacial score (nSPS) is 19.7. The molecule has 1 N–H and O–H groups in total. The average Bonchev–Trinajstić information content (AvgIpc) is 2.48. The number of aromatic nitrogens is 2. The molecule has 2 aliphatic rings. The molecular weight excluding hydrogens is 254 g/mol. The van der Waals surface area contributed by atoms with Crippen LogP contribution in [0.25, 0.3) is 0 Å². The molecule has 20 heavy (non-hydrogen) atoms. The van der Waals surface area contributed by atoms with Crippen LogP contribution in [0.2, 0.25) is 0 Å². The third-order valence-corrected chi connectivity index (χ3v) is 4.09. The van der Waals surface area contributed by atoms with Crippen LogP contribution < -0.4 is 10.2 Å². The molecule has 1 saturated heterocycles. The van der Waals surface area contributed by atoms with Crippen molar-refractivity contribution in [1.29, 1.82) is 0 Å². The lowest BCUT2D eigenvalue weighted by atomic mass is 10.1. The standard InChI is InChI=1S/C14H21N5O/c1-3-18-6-8-19(9-7-18)13-11-4-5-15-14(20)12(11)16-10(2)17-13/h3-9H2,1-2H3,(H,15,20). The molecule has 3 heterocycles. The Labute approximate surface area is 119 Å². The number of likely N-dealkylation sites (N-methyl/N-ethyl adjacent to an activating group) is 1. The van der Waals surface area contributed by atoms with Gasteiger partial charge in [-0.05, 0) is 19.9 Å². The predicted molar refractivity (Wildman–Crippen MR) is 77.1 cm³/mol. The summed E-state index contributed by atoms with van der Waals surface area (Å²) in [6.07, 6.45) is 0.824. The monoisotopic (exact) mass is 275 g/mol. The summed E-state index contributed by atoms with van der Waals surface area (Å²) >= 11 is 0. The van der Waals surface area contributed by atoms with Gasteiger partial charge in [-0.2, -0.15) is 0 Å². The summed E-state index contributed by atoms with van der Waals surface area (Å²) in [6.45, 7) is 9.87. The Bertz CT molecular complexity index is 523. The highest BCUT2D eigenvalue weighted by Gasteiger charge is 2.27. The number of nitrogens with one attached hydrogen (secondary N) is 1. The van der Waals surface area contributed by atoms with Crippen molar-refractivity contribution in [3.63, 3.8) is 0 Å². The second-order valence-electron chi connectivity index (χ2n) is 5.35. The van der Waals surface area contributed by atoms with Gasteiger partial charge in [0.1, 0.15) is 17.3 Å². The molecule has 3 rings (SSSR count). The molecule has 0 spiro atoms. The van der Waals surface area contributed by atoms with Crippen LogP contribution in [-0.2, 0) is 6.42 Å². The minimum Gasteiger partial charge on any atom is -0.354 e. The van der Waals surface area contributed by atoms with E-state index in [0.29, 0.717) is 18.1 Å². The second-order valence-corrected chi connectivity index (χ2v) is 5.35. The number of hydrogen-bond donors (Lipinski definition) is 1. The number of amides is 1. The third-order valence-electron chi connectivity index (χ3n) is 4.09. The van der Waals surface area contributed by atoms with E-state index in [1.807, 2.05) is 6.92 Å². The third kappa shape index (κ3) is 2.35. The summed E-state index contributed by atoms with van der Waals surface area (Å²) in [5.41, 5.74) is 1.58. The highest BCUT2D eigenvalue weighted by Crippen LogP contribution is 2.24. The Morgan fingerprint density at radius 2 is 1.95 bits per heavy atom. The van der Waals surface area contributed by atoms with E-state index in [0.717, 1.165) is 50.5 Å². The number of fused-ring (bicyclic) bond motifs is 1. The Kier molecular flexibility index (Phi) is 3.56. The van der Waals surface area contributed by atoms with Crippen LogP contribution >= 0.6 is 0 Å². The van der Waals surface area contributed by atoms with Gasteiger partial charge in [-0.1, -0.05) is 6.92 Å². The van der Waals surface area contributed by atoms with Crippen LogP contribution in [0, 0.1) is 6.92 Å². The SMILES string of the molecule is CCN1CCN(c2nc(C)nc3c2CCNC3=O)CC1. The lowest BCUT2D eigenvalue weighted by molar-refractivity contribution is 0.0940. The minimum atomic E-state index is -0.0646. The van der Waals surface area contributed by atoms with Gasteiger partial charge in [0.2, 0.25) is 0 Å². The zero-order chi connectivity index (χ0) is 14.1. The van der Waals surface area contributed by atoms with E-state index in [1.54, 1.807) is 0 Å². The molecule has 1 aromatic heterocycles. The van der Waals surface area contributed by atoms with Crippen molar-refractivity contribution >= 4 is 11.7 Å². The van der Waals surface area contributed by atoms with E-state index >= 15 is 0 Å². The molecule has 0 aliphatic carbocycles. The van der Waals surface area contributed by atoms with E-state index in [2.05, 4.69) is 32.0 Å². The first-order valence-electron chi connectivity index (χ1n) is 7.32. The number of anilines is 1. The molecule has 1 amide bonds. The molecule has 1 fully saturated rings. The van der Waals surface area contributed by atoms with Crippen molar-refractivity contribution in [3.05, 3.63) is 17.1 Å². The van der Waals surface area contributed by atoms with Crippen molar-refractivity contribution in [3.8, 4) is 0 Å². The van der Waals surface area contributed by atoms with Crippen molar-refractivity contribution in [2.24, 2.45) is 0 Å². The summed E-state index contributed by atoms with van der Waals surface area (Å²) in [5, 5.41) is 2.86. The number of hydrogen-bond acceptors (Lipinski definition) is 5. The van der Waals surface area contributed by atoms with Crippen LogP contribution in [0.1, 0.15) is 28.8 Å². The molecule has 0 bridgehead atoms. The van der Waals surface area contributed by atoms with Gasteiger partial charge < -0.3 is 15.1 Å². The van der Waals surface area contributed by atoms with Gasteiger partial charge in [0, 0.05) is 38.3 Å². The van der Waals surface area contributed by atoms with Gasteiger partial charge in [-0.3, -0.25) is 4.79 Å². The van der Waals surface area contributed by atoms with Crippen molar-refractivity contribution in [2.45, 2.75) is 20.3 Å². The van der Waals surface area contributed by atoms with Gasteiger partial charge in [0.05, 0.1) is 0 Å². The van der Waals surface area contributed by atoms with Crippen LogP contribution in [0.3, 0.4) is 0 Å². The molecule has 0 unspecified atom stereocenters. The topological polar surface area (TPSA) is 61.4 Å². The summed E-state index contributed by atoms with van der Waals surface area (Å²) in [5.74, 6) is 1.58. The molecule has 0 saturated carbocycles. The van der Waals surface area contributed by atoms with E-state index in [4.69, 9.17) is 0 Å². The second kappa shape index (κ2) is 5.36. The minimum absolute atomic E-state index is 0.0646. The number of carbonyl (C=O) groups excluding carboxylic acids is 1. The fourth-order valence-corrected chi connectivity index (χ4v) is 2.92. The molecule has 6 nitrogen and oxygen atoms in total. The molecule has 0 radical (unpaired) electrons. The van der Waals surface area contributed by atoms with E-state index < -0.39 is 0 Å². The average molecular weight is 275 g/mol. The smallest absolute Gasteiger partial charge is 0.270 e. The van der Waals surface area contributed by atoms with Crippen LogP contribution in [0.4, 0.5) is 5.82 Å². The largest absolute Gasteiger partial charge is 0.354 e. The maximum atomic E-state index is 11.9. The first-order valence-corrected chi connectivity index (χ1v) is 7.32. The fourth-order valence-electron chi connectivity index (χ4n) is 2.92. The van der Waals surface area contributed by atoms with Crippen molar-refractivity contribution in [1.82, 2.24) is 20.2 Å². The lowest BCUT2D eigenvalue weighted by Gasteiger charge is -2.36. The fraction of sp³-hybridized carbons (Fsp3) is 0.643. The predicted octanol–water partition coefficient (Wildman–Crippen LogP) is 0.213. The maximum Gasteiger partial charge on any atom is 0.270 e. The summed E-state index contributed by atoms with van der Waals surface area (Å²) in [7, 11) is 0. The molecule has 1 aromatic rings. The first kappa shape index (κ1) is 13.3. The van der Waals surface area contributed by atoms with E-state index in [-0.39, 0.29) is 5.91 Å². The molecule has 0 atom stereocenters. The zero-order valence-corrected chi connectivity index (χ0v) is 12.1. The Morgan fingerprint density at radius 3 is 2.65 bits per heavy atom. The van der Waals surface area contributed by atoms with Crippen molar-refractivity contribution < 1.29 is 4.79 Å². The Morgan fingerprint density at radius 1 is 1.20 bits per heavy atom. The zero-order valence-electron chi connectivity index (χ0n) is 12.1. The highest BCUT2D eigenvalue weighted by atomic mass is 16.1. The van der Waals surface area contributed by atoms with Crippen LogP contribution in [0.15, 0.2) is 0 Å². The van der Waals surface area contributed by atoms with Gasteiger partial charge in [-0.25, -0.2) is 9.97 Å². The quantitative estimate of drug-likeness (QED) is 0.836. The highest BCUT2D eigenvalue weighted by molar-refractivity contribution is 5.96. The number of nitrogens with zero attached hydrogens (tertiary/aromatic N) is 4. The van der Waals surface area contributed by atoms with E-state index in [1.165, 1.54) is 0 Å². The lowest BCUT2D eigenvalue weighted by Crippen LogP contribution is -2.47. The van der Waals surface area contributed by atoms with Gasteiger partial charge >= 0.3 is 0 Å². The summed E-state index contributed by atoms with van der Waals surface area (Å²) in [6, 6.07) is 0. The van der Waals surface area contributed by atoms with Crippen LogP contribution in [-0.4, -0.2) is 60.0 Å². The Balaban J connectivity index is 1.92. The molecule has 2 aliphatic heterocycles. The molecular formula is C14H21N5O. The molecule has 108 valence electrons. The number of carbonyl (C=O) groups is 1. The first-order chi connectivity index (χ1) is 9.69. The summed E-state index contributed by atoms with van der Waals surface area (Å²) < 4.78 is 0. The number of piperazine rings is 1. The maximum absolute atomic E-state index is 11.9. The number of aryl methyl sites for hydroxylation is 1. The van der Waals surface area contributed by atoms with Gasteiger partial charge in [0.15, 0.2) is 0 Å². The number of rotatable bonds is 2.